The number of fused-ring (bicyclic) bond motifs is 1. The van der Waals surface area contributed by atoms with E-state index in [1.165, 1.54) is 42.5 Å². The second kappa shape index (κ2) is 12.0. The number of hydrogen-bond acceptors (Lipinski definition) is 13. The lowest BCUT2D eigenvalue weighted by Crippen LogP contribution is -2.15. The maximum absolute atomic E-state index is 12.4. The number of sulfone groups is 1. The van der Waals surface area contributed by atoms with E-state index < -0.39 is 42.7 Å². The van der Waals surface area contributed by atoms with Crippen LogP contribution >= 0.6 is 11.6 Å². The van der Waals surface area contributed by atoms with Gasteiger partial charge in [-0.2, -0.15) is 31.8 Å². The molecule has 2 heterocycles. The first-order valence-electron chi connectivity index (χ1n) is 12.1. The normalized spacial score (nSPS) is 12.3. The molecule has 3 aromatic carbocycles. The summed E-state index contributed by atoms with van der Waals surface area (Å²) in [6.45, 7) is -0.747. The quantitative estimate of drug-likeness (QED) is 0.125. The molecule has 0 bridgehead atoms. The number of aromatic amines is 1. The highest BCUT2D eigenvalue weighted by atomic mass is 35.5. The number of benzene rings is 3. The van der Waals surface area contributed by atoms with E-state index in [1.54, 1.807) is 24.3 Å². The van der Waals surface area contributed by atoms with Crippen molar-refractivity contribution in [2.75, 3.05) is 23.0 Å². The van der Waals surface area contributed by atoms with Crippen molar-refractivity contribution in [3.63, 3.8) is 0 Å². The van der Waals surface area contributed by atoms with Crippen LogP contribution in [-0.2, 0) is 34.5 Å². The number of aromatic nitrogens is 5. The molecule has 0 spiro atoms. The largest absolute Gasteiger partial charge is 0.397 e. The van der Waals surface area contributed by atoms with Gasteiger partial charge >= 0.3 is 10.4 Å². The molecule has 2 aromatic heterocycles. The highest BCUT2D eigenvalue weighted by Crippen LogP contribution is 2.26. The number of rotatable bonds is 11. The molecule has 0 unspecified atom stereocenters. The number of nitrogens with one attached hydrogen (secondary N) is 3. The van der Waals surface area contributed by atoms with Crippen molar-refractivity contribution in [3.05, 3.63) is 72.0 Å². The van der Waals surface area contributed by atoms with Gasteiger partial charge < -0.3 is 15.6 Å². The minimum atomic E-state index is -4.76. The van der Waals surface area contributed by atoms with Crippen molar-refractivity contribution in [2.24, 2.45) is 0 Å². The minimum absolute atomic E-state index is 0.0489. The lowest BCUT2D eigenvalue weighted by Gasteiger charge is -2.10. The van der Waals surface area contributed by atoms with Crippen LogP contribution in [-0.4, -0.2) is 71.6 Å². The van der Waals surface area contributed by atoms with Gasteiger partial charge in [0.05, 0.1) is 33.2 Å². The fraction of sp³-hybridized carbons (Fsp3) is 0.0833. The van der Waals surface area contributed by atoms with Gasteiger partial charge in [0.15, 0.2) is 9.84 Å². The molecule has 5 N–H and O–H groups in total. The molecular weight excluding hydrogens is 662 g/mol. The summed E-state index contributed by atoms with van der Waals surface area (Å²) in [7, 11) is -13.0. The molecule has 230 valence electrons. The van der Waals surface area contributed by atoms with Crippen LogP contribution < -0.4 is 10.6 Å². The summed E-state index contributed by atoms with van der Waals surface area (Å²) in [5.41, 5.74) is 2.62. The molecule has 0 amide bonds. The van der Waals surface area contributed by atoms with Gasteiger partial charge in [0.1, 0.15) is 5.82 Å². The van der Waals surface area contributed by atoms with Gasteiger partial charge in [0.2, 0.25) is 17.2 Å². The molecule has 0 fully saturated rings. The number of H-pyrrole nitrogens is 1. The predicted octanol–water partition coefficient (Wildman–Crippen LogP) is 3.40. The lowest BCUT2D eigenvalue weighted by molar-refractivity contribution is 0.284. The van der Waals surface area contributed by atoms with E-state index in [-0.39, 0.29) is 27.0 Å². The molecule has 0 aliphatic rings. The van der Waals surface area contributed by atoms with Crippen LogP contribution in [0.25, 0.3) is 22.4 Å². The molecule has 16 nitrogen and oxygen atoms in total. The Labute approximate surface area is 255 Å². The number of nitrogens with zero attached hydrogens (tertiary/aromatic N) is 4. The zero-order chi connectivity index (χ0) is 31.7. The Balaban J connectivity index is 1.26. The van der Waals surface area contributed by atoms with Crippen LogP contribution in [0.3, 0.4) is 0 Å². The summed E-state index contributed by atoms with van der Waals surface area (Å²) in [5.74, 6) is -0.0546. The Kier molecular flexibility index (Phi) is 8.53. The molecule has 0 aliphatic heterocycles. The van der Waals surface area contributed by atoms with Crippen LogP contribution in [0.1, 0.15) is 0 Å². The number of halogens is 1. The molecular formula is C24H20ClN7O9S3. The maximum atomic E-state index is 12.4. The van der Waals surface area contributed by atoms with E-state index in [1.807, 2.05) is 0 Å². The summed E-state index contributed by atoms with van der Waals surface area (Å²) in [5, 5.41) is 5.75. The molecule has 0 atom stereocenters. The van der Waals surface area contributed by atoms with E-state index in [9.17, 15) is 29.8 Å². The highest BCUT2D eigenvalue weighted by Gasteiger charge is 2.17. The van der Waals surface area contributed by atoms with Crippen molar-refractivity contribution in [1.82, 2.24) is 24.9 Å². The fourth-order valence-electron chi connectivity index (χ4n) is 3.83. The first kappa shape index (κ1) is 31.2. The smallest absolute Gasteiger partial charge is 0.338 e. The van der Waals surface area contributed by atoms with Crippen LogP contribution in [0, 0.1) is 0 Å². The zero-order valence-electron chi connectivity index (χ0n) is 21.9. The average molecular weight is 682 g/mol. The van der Waals surface area contributed by atoms with Gasteiger partial charge in [-0.05, 0) is 78.3 Å². The van der Waals surface area contributed by atoms with Gasteiger partial charge in [0, 0.05) is 16.9 Å². The Morgan fingerprint density at radius 2 is 1.32 bits per heavy atom. The Bertz CT molecular complexity index is 2180. The SMILES string of the molecule is O=S(=O)(O)OCCS(=O)(=O)c1ccc(Nc2nc(Cl)nc(Nc3ccc(-c4nc5ccc(S(=O)(=O)O)cc5[nH]4)cc3)n2)cc1. The topological polar surface area (TPSA) is 244 Å². The molecule has 20 heteroatoms. The first-order chi connectivity index (χ1) is 20.6. The summed E-state index contributed by atoms with van der Waals surface area (Å²) >= 11 is 6.07. The molecule has 5 aromatic rings. The third kappa shape index (κ3) is 7.82. The predicted molar refractivity (Wildman–Crippen MR) is 159 cm³/mol. The van der Waals surface area contributed by atoms with Crippen molar-refractivity contribution >= 4 is 76.3 Å². The van der Waals surface area contributed by atoms with E-state index in [0.717, 1.165) is 0 Å². The van der Waals surface area contributed by atoms with Gasteiger partial charge in [-0.15, -0.1) is 0 Å². The Morgan fingerprint density at radius 3 is 1.89 bits per heavy atom. The summed E-state index contributed by atoms with van der Waals surface area (Å²) in [4.78, 5) is 19.4. The standard InChI is InChI=1S/C24H20ClN7O9S3/c25-22-30-23(32-24(31-22)27-16-5-7-17(8-6-16)42(33,34)12-11-41-44(38,39)40)26-15-3-1-14(2-4-15)21-28-19-10-9-18(43(35,36)37)13-20(19)29-21/h1-10,13H,11-12H2,(H,28,29)(H,35,36,37)(H,38,39,40)(H2,26,27,30,31,32). The van der Waals surface area contributed by atoms with Crippen molar-refractivity contribution in [1.29, 1.82) is 0 Å². The van der Waals surface area contributed by atoms with Crippen LogP contribution in [0.4, 0.5) is 23.3 Å². The zero-order valence-corrected chi connectivity index (χ0v) is 25.1. The van der Waals surface area contributed by atoms with Gasteiger partial charge in [-0.1, -0.05) is 0 Å². The maximum Gasteiger partial charge on any atom is 0.397 e. The number of hydrogen-bond donors (Lipinski definition) is 5. The van der Waals surface area contributed by atoms with Gasteiger partial charge in [-0.3, -0.25) is 9.11 Å². The fourth-order valence-corrected chi connectivity index (χ4v) is 5.99. The third-order valence-corrected chi connectivity index (χ3v) is 9.01. The van der Waals surface area contributed by atoms with Crippen LogP contribution in [0.5, 0.6) is 0 Å². The molecule has 0 aliphatic carbocycles. The van der Waals surface area contributed by atoms with Crippen molar-refractivity contribution < 1.29 is 38.5 Å². The monoisotopic (exact) mass is 681 g/mol. The molecule has 44 heavy (non-hydrogen) atoms. The van der Waals surface area contributed by atoms with E-state index in [4.69, 9.17) is 16.2 Å². The summed E-state index contributed by atoms with van der Waals surface area (Å²) in [6.07, 6.45) is 0. The minimum Gasteiger partial charge on any atom is -0.338 e. The van der Waals surface area contributed by atoms with E-state index in [0.29, 0.717) is 33.8 Å². The van der Waals surface area contributed by atoms with Crippen LogP contribution in [0.15, 0.2) is 76.5 Å². The van der Waals surface area contributed by atoms with Gasteiger partial charge in [0.25, 0.3) is 10.1 Å². The summed E-state index contributed by atoms with van der Waals surface area (Å²) < 4.78 is 90.7. The molecule has 0 saturated heterocycles. The van der Waals surface area contributed by atoms with E-state index >= 15 is 0 Å². The third-order valence-electron chi connectivity index (χ3n) is 5.83. The molecule has 5 rings (SSSR count). The van der Waals surface area contributed by atoms with E-state index in [2.05, 4.69) is 39.7 Å². The second-order valence-corrected chi connectivity index (χ2v) is 13.9. The van der Waals surface area contributed by atoms with Crippen LogP contribution in [0.2, 0.25) is 5.28 Å². The first-order valence-corrected chi connectivity index (χ1v) is 17.0. The summed E-state index contributed by atoms with van der Waals surface area (Å²) in [6, 6.07) is 16.4. The number of imidazole rings is 1. The van der Waals surface area contributed by atoms with Crippen molar-refractivity contribution in [3.8, 4) is 11.4 Å². The second-order valence-electron chi connectivity index (χ2n) is 8.91. The molecule has 0 radical (unpaired) electrons. The Morgan fingerprint density at radius 1 is 0.750 bits per heavy atom. The lowest BCUT2D eigenvalue weighted by atomic mass is 10.2. The molecule has 0 saturated carbocycles. The highest BCUT2D eigenvalue weighted by molar-refractivity contribution is 7.91. The average Bonchev–Trinajstić information content (AvgIpc) is 3.36. The van der Waals surface area contributed by atoms with Crippen molar-refractivity contribution in [2.45, 2.75) is 9.79 Å². The number of anilines is 4. The Hall–Kier alpha value is -4.24. The van der Waals surface area contributed by atoms with Gasteiger partial charge in [-0.25, -0.2) is 17.6 Å².